The topological polar surface area (TPSA) is 66.8 Å². The SMILES string of the molecule is COc1ccc(C(O)(C(=O)O)c2ccccc2)cc1. The van der Waals surface area contributed by atoms with E-state index in [1.807, 2.05) is 0 Å². The summed E-state index contributed by atoms with van der Waals surface area (Å²) in [5.41, 5.74) is -1.47. The van der Waals surface area contributed by atoms with Crippen LogP contribution in [0.1, 0.15) is 11.1 Å². The second-order valence-electron chi connectivity index (χ2n) is 4.11. The minimum Gasteiger partial charge on any atom is -0.497 e. The van der Waals surface area contributed by atoms with Crippen LogP contribution in [0.5, 0.6) is 5.75 Å². The minimum absolute atomic E-state index is 0.284. The molecule has 2 aromatic carbocycles. The van der Waals surface area contributed by atoms with Crippen molar-refractivity contribution < 1.29 is 19.7 Å². The van der Waals surface area contributed by atoms with Crippen molar-refractivity contribution in [1.29, 1.82) is 0 Å². The quantitative estimate of drug-likeness (QED) is 0.880. The maximum Gasteiger partial charge on any atom is 0.345 e. The van der Waals surface area contributed by atoms with Crippen LogP contribution in [0.3, 0.4) is 0 Å². The second-order valence-corrected chi connectivity index (χ2v) is 4.11. The van der Waals surface area contributed by atoms with Gasteiger partial charge in [-0.05, 0) is 23.3 Å². The third-order valence-electron chi connectivity index (χ3n) is 3.01. The van der Waals surface area contributed by atoms with Gasteiger partial charge in [-0.25, -0.2) is 4.79 Å². The Morgan fingerprint density at radius 2 is 1.53 bits per heavy atom. The maximum atomic E-state index is 11.5. The second kappa shape index (κ2) is 5.12. The highest BCUT2D eigenvalue weighted by molar-refractivity contribution is 5.83. The van der Waals surface area contributed by atoms with Crippen LogP contribution in [0.15, 0.2) is 54.6 Å². The molecule has 0 aromatic heterocycles. The summed E-state index contributed by atoms with van der Waals surface area (Å²) in [6.07, 6.45) is 0. The number of methoxy groups -OCH3 is 1. The van der Waals surface area contributed by atoms with Gasteiger partial charge in [0.15, 0.2) is 0 Å². The fraction of sp³-hybridized carbons (Fsp3) is 0.133. The molecule has 0 spiro atoms. The molecule has 2 N–H and O–H groups in total. The zero-order valence-corrected chi connectivity index (χ0v) is 10.4. The fourth-order valence-electron chi connectivity index (χ4n) is 1.93. The number of aliphatic hydroxyl groups is 1. The average molecular weight is 258 g/mol. The van der Waals surface area contributed by atoms with Gasteiger partial charge in [-0.15, -0.1) is 0 Å². The monoisotopic (exact) mass is 258 g/mol. The molecular formula is C15H14O4. The predicted molar refractivity (Wildman–Crippen MR) is 70.1 cm³/mol. The largest absolute Gasteiger partial charge is 0.497 e. The Hall–Kier alpha value is -2.33. The molecule has 0 saturated heterocycles. The first-order valence-corrected chi connectivity index (χ1v) is 5.75. The predicted octanol–water partition coefficient (Wildman–Crippen LogP) is 2.02. The summed E-state index contributed by atoms with van der Waals surface area (Å²) in [5, 5.41) is 19.9. The van der Waals surface area contributed by atoms with E-state index in [1.165, 1.54) is 7.11 Å². The Morgan fingerprint density at radius 1 is 1.00 bits per heavy atom. The summed E-state index contributed by atoms with van der Waals surface area (Å²) in [6.45, 7) is 0. The number of carboxylic acid groups (broad SMARTS) is 1. The van der Waals surface area contributed by atoms with E-state index < -0.39 is 11.6 Å². The summed E-state index contributed by atoms with van der Waals surface area (Å²) < 4.78 is 5.02. The summed E-state index contributed by atoms with van der Waals surface area (Å²) in [6, 6.07) is 14.6. The minimum atomic E-state index is -2.06. The average Bonchev–Trinajstić information content (AvgIpc) is 2.47. The number of carbonyl (C=O) groups is 1. The van der Waals surface area contributed by atoms with E-state index in [2.05, 4.69) is 0 Å². The van der Waals surface area contributed by atoms with Crippen molar-refractivity contribution >= 4 is 5.97 Å². The van der Waals surface area contributed by atoms with E-state index in [-0.39, 0.29) is 5.56 Å². The molecular weight excluding hydrogens is 244 g/mol. The number of ether oxygens (including phenoxy) is 1. The first-order chi connectivity index (χ1) is 9.09. The lowest BCUT2D eigenvalue weighted by molar-refractivity contribution is -0.155. The van der Waals surface area contributed by atoms with Crippen LogP contribution in [-0.2, 0) is 10.4 Å². The van der Waals surface area contributed by atoms with Crippen molar-refractivity contribution in [3.05, 3.63) is 65.7 Å². The molecule has 0 bridgehead atoms. The smallest absolute Gasteiger partial charge is 0.345 e. The molecule has 0 radical (unpaired) electrons. The van der Waals surface area contributed by atoms with E-state index in [4.69, 9.17) is 4.74 Å². The van der Waals surface area contributed by atoms with Gasteiger partial charge >= 0.3 is 5.97 Å². The first kappa shape index (κ1) is 13.1. The molecule has 0 amide bonds. The van der Waals surface area contributed by atoms with Gasteiger partial charge in [-0.3, -0.25) is 0 Å². The van der Waals surface area contributed by atoms with E-state index in [1.54, 1.807) is 54.6 Å². The summed E-state index contributed by atoms with van der Waals surface area (Å²) in [7, 11) is 1.52. The third-order valence-corrected chi connectivity index (χ3v) is 3.01. The van der Waals surface area contributed by atoms with Crippen LogP contribution in [0, 0.1) is 0 Å². The summed E-state index contributed by atoms with van der Waals surface area (Å²) in [4.78, 5) is 11.5. The highest BCUT2D eigenvalue weighted by atomic mass is 16.5. The Labute approximate surface area is 110 Å². The molecule has 98 valence electrons. The molecule has 0 saturated carbocycles. The van der Waals surface area contributed by atoms with E-state index in [9.17, 15) is 15.0 Å². The number of benzene rings is 2. The molecule has 1 unspecified atom stereocenters. The molecule has 4 heteroatoms. The Bertz CT molecular complexity index is 562. The van der Waals surface area contributed by atoms with Crippen LogP contribution in [0.25, 0.3) is 0 Å². The molecule has 0 aliphatic carbocycles. The van der Waals surface area contributed by atoms with E-state index in [0.717, 1.165) is 0 Å². The molecule has 0 aliphatic heterocycles. The lowest BCUT2D eigenvalue weighted by atomic mass is 9.86. The van der Waals surface area contributed by atoms with Crippen LogP contribution >= 0.6 is 0 Å². The number of aliphatic carboxylic acids is 1. The van der Waals surface area contributed by atoms with Crippen LogP contribution in [0.4, 0.5) is 0 Å². The van der Waals surface area contributed by atoms with Crippen molar-refractivity contribution in [2.75, 3.05) is 7.11 Å². The standard InChI is InChI=1S/C15H14O4/c1-19-13-9-7-12(8-10-13)15(18,14(16)17)11-5-3-2-4-6-11/h2-10,18H,1H3,(H,16,17). The molecule has 2 aromatic rings. The highest BCUT2D eigenvalue weighted by Gasteiger charge is 2.39. The van der Waals surface area contributed by atoms with Gasteiger partial charge in [0, 0.05) is 0 Å². The van der Waals surface area contributed by atoms with Gasteiger partial charge in [-0.2, -0.15) is 0 Å². The zero-order valence-electron chi connectivity index (χ0n) is 10.4. The third kappa shape index (κ3) is 2.30. The van der Waals surface area contributed by atoms with Crippen molar-refractivity contribution in [2.24, 2.45) is 0 Å². The van der Waals surface area contributed by atoms with Gasteiger partial charge < -0.3 is 14.9 Å². The fourth-order valence-corrected chi connectivity index (χ4v) is 1.93. The Morgan fingerprint density at radius 3 is 2.00 bits per heavy atom. The number of hydrogen-bond acceptors (Lipinski definition) is 3. The molecule has 0 aliphatic rings. The summed E-state index contributed by atoms with van der Waals surface area (Å²) in [5.74, 6) is -0.714. The van der Waals surface area contributed by atoms with Crippen molar-refractivity contribution in [3.8, 4) is 5.75 Å². The zero-order chi connectivity index (χ0) is 13.9. The number of hydrogen-bond donors (Lipinski definition) is 2. The molecule has 4 nitrogen and oxygen atoms in total. The highest BCUT2D eigenvalue weighted by Crippen LogP contribution is 2.30. The van der Waals surface area contributed by atoms with Crippen LogP contribution in [-0.4, -0.2) is 23.3 Å². The molecule has 0 fully saturated rings. The summed E-state index contributed by atoms with van der Waals surface area (Å²) >= 11 is 0. The normalized spacial score (nSPS) is 13.6. The van der Waals surface area contributed by atoms with Crippen molar-refractivity contribution in [2.45, 2.75) is 5.60 Å². The van der Waals surface area contributed by atoms with E-state index in [0.29, 0.717) is 11.3 Å². The lowest BCUT2D eigenvalue weighted by Gasteiger charge is -2.24. The van der Waals surface area contributed by atoms with Gasteiger partial charge in [0.25, 0.3) is 0 Å². The molecule has 2 rings (SSSR count). The van der Waals surface area contributed by atoms with Crippen LogP contribution < -0.4 is 4.74 Å². The lowest BCUT2D eigenvalue weighted by Crippen LogP contribution is -2.36. The van der Waals surface area contributed by atoms with Crippen molar-refractivity contribution in [3.63, 3.8) is 0 Å². The first-order valence-electron chi connectivity index (χ1n) is 5.75. The molecule has 0 heterocycles. The van der Waals surface area contributed by atoms with Gasteiger partial charge in [-0.1, -0.05) is 42.5 Å². The molecule has 1 atom stereocenters. The van der Waals surface area contributed by atoms with E-state index >= 15 is 0 Å². The van der Waals surface area contributed by atoms with Crippen LogP contribution in [0.2, 0.25) is 0 Å². The number of carboxylic acids is 1. The maximum absolute atomic E-state index is 11.5. The van der Waals surface area contributed by atoms with Gasteiger partial charge in [0.1, 0.15) is 5.75 Å². The van der Waals surface area contributed by atoms with Gasteiger partial charge in [0.05, 0.1) is 7.11 Å². The van der Waals surface area contributed by atoms with Gasteiger partial charge in [0.2, 0.25) is 5.60 Å². The van der Waals surface area contributed by atoms with Crippen molar-refractivity contribution in [1.82, 2.24) is 0 Å². The number of rotatable bonds is 4. The Kier molecular flexibility index (Phi) is 3.53. The Balaban J connectivity index is 2.53. The molecule has 19 heavy (non-hydrogen) atoms.